The number of carbonyl (C=O) groups excluding carboxylic acids is 4. The number of β-lactam (4-membered cyclic amide) rings is 2. The number of aliphatic hydroxyl groups excluding tert-OH is 6. The molecule has 8 aliphatic carbocycles. The van der Waals surface area contributed by atoms with Crippen molar-refractivity contribution in [2.45, 2.75) is 231 Å². The van der Waals surface area contributed by atoms with E-state index in [9.17, 15) is 49.8 Å². The minimum absolute atomic E-state index is 0.000855. The Morgan fingerprint density at radius 1 is 0.521 bits per heavy atom. The normalized spacial score (nSPS) is 42.0. The number of likely N-dealkylation sites (tertiary alicyclic amines) is 2. The van der Waals surface area contributed by atoms with E-state index >= 15 is 0 Å². The van der Waals surface area contributed by atoms with Crippen LogP contribution in [0.15, 0.2) is 73.1 Å². The highest BCUT2D eigenvalue weighted by molar-refractivity contribution is 5.89. The van der Waals surface area contributed by atoms with Gasteiger partial charge in [0.1, 0.15) is 24.6 Å². The molecule has 20 heteroatoms. The van der Waals surface area contributed by atoms with E-state index in [0.29, 0.717) is 49.9 Å². The van der Waals surface area contributed by atoms with Gasteiger partial charge in [0.25, 0.3) is 11.8 Å². The van der Waals surface area contributed by atoms with Gasteiger partial charge in [0, 0.05) is 25.9 Å². The number of fused-ring (bicyclic) bond motifs is 10. The van der Waals surface area contributed by atoms with E-state index in [2.05, 4.69) is 62.2 Å². The van der Waals surface area contributed by atoms with Crippen LogP contribution >= 0.6 is 0 Å². The summed E-state index contributed by atoms with van der Waals surface area (Å²) in [5.74, 6) is 1.15. The number of nitrogens with zero attached hydrogens (tertiary/aromatic N) is 8. The van der Waals surface area contributed by atoms with Gasteiger partial charge in [-0.15, -0.1) is 10.2 Å². The van der Waals surface area contributed by atoms with Gasteiger partial charge in [0.15, 0.2) is 12.1 Å². The van der Waals surface area contributed by atoms with Crippen LogP contribution in [-0.2, 0) is 41.9 Å². The molecule has 2 saturated heterocycles. The maximum Gasteiger partial charge on any atom is 0.306 e. The zero-order valence-electron chi connectivity index (χ0n) is 55.9. The zero-order valence-corrected chi connectivity index (χ0v) is 55.9. The van der Waals surface area contributed by atoms with Gasteiger partial charge in [-0.25, -0.2) is 9.36 Å². The average molecular weight is 1300 g/mol. The Morgan fingerprint density at radius 2 is 0.915 bits per heavy atom. The minimum Gasteiger partial charge on any atom is -0.459 e. The molecule has 2 aliphatic heterocycles. The molecule has 510 valence electrons. The summed E-state index contributed by atoms with van der Waals surface area (Å²) in [6.07, 6.45) is 13.8. The summed E-state index contributed by atoms with van der Waals surface area (Å²) < 4.78 is 14.7. The molecule has 0 spiro atoms. The average Bonchev–Trinajstić information content (AvgIpc) is 1.39. The Balaban J connectivity index is 0.563. The van der Waals surface area contributed by atoms with Crippen molar-refractivity contribution in [1.29, 1.82) is 0 Å². The monoisotopic (exact) mass is 1290 g/mol. The van der Waals surface area contributed by atoms with Crippen molar-refractivity contribution in [3.8, 4) is 0 Å². The zero-order chi connectivity index (χ0) is 65.9. The van der Waals surface area contributed by atoms with Gasteiger partial charge in [-0.05, 0) is 207 Å². The van der Waals surface area contributed by atoms with Crippen molar-refractivity contribution < 1.29 is 59.3 Å². The standard InChI is InChI=1S/C74H102N8O12/c1-41(51-19-21-53-63-55(35-59(87)73(51,53)5)71(3)27-25-49(83)31-45(71)33-57(63)85)17-23-61(89)93-39-47-37-81(77-75-47)67-65(43-13-9-7-10-14-43)79(69(67)91)29-30-80-66(44-15-11-8-12-16-44)68(70(80)92)82-38-48(76-78-82)40-94-62(90)24-18-42(2)52-20-22-54-64-56(36-60(88)74(52,54)6)72(4)28-26-50(84)32-46(72)34-58(64)86/h7-16,37-38,41-42,45-46,49-60,63-68,83-88H,17-36,39-40H2,1-6H3/t41-,42-,45+,46+,49-,50-,51-,52-,53+,54+,55+,56+,57-,58-,59+,60+,63+,64+,65-,66-,67+,68+,71+,72+,73-,74-/m1/s1. The highest BCUT2D eigenvalue weighted by atomic mass is 16.5. The topological polar surface area (TPSA) is 276 Å². The number of rotatable bonds is 19. The van der Waals surface area contributed by atoms with E-state index in [-0.39, 0.29) is 168 Å². The van der Waals surface area contributed by atoms with Gasteiger partial charge in [-0.1, -0.05) is 113 Å². The fourth-order valence-corrected chi connectivity index (χ4v) is 23.2. The van der Waals surface area contributed by atoms with Crippen LogP contribution in [0.25, 0.3) is 0 Å². The molecule has 6 N–H and O–H groups in total. The summed E-state index contributed by atoms with van der Waals surface area (Å²) >= 11 is 0. The summed E-state index contributed by atoms with van der Waals surface area (Å²) in [5.41, 5.74) is 1.86. The molecule has 2 aromatic carbocycles. The minimum atomic E-state index is -0.728. The number of amides is 2. The van der Waals surface area contributed by atoms with Crippen molar-refractivity contribution in [2.75, 3.05) is 13.1 Å². The van der Waals surface area contributed by atoms with E-state index < -0.39 is 48.6 Å². The highest BCUT2D eigenvalue weighted by Crippen LogP contribution is 2.70. The Bertz CT molecular complexity index is 3190. The molecule has 2 amide bonds. The fourth-order valence-electron chi connectivity index (χ4n) is 23.2. The molecular formula is C74H102N8O12. The van der Waals surface area contributed by atoms with Gasteiger partial charge >= 0.3 is 11.9 Å². The van der Waals surface area contributed by atoms with Crippen LogP contribution in [-0.4, -0.2) is 144 Å². The molecule has 10 aliphatic rings. The number of hydrogen-bond donors (Lipinski definition) is 6. The fraction of sp³-hybridized carbons (Fsp3) is 0.730. The molecule has 26 atom stereocenters. The summed E-state index contributed by atoms with van der Waals surface area (Å²) in [6.45, 7) is 13.8. The second-order valence-corrected chi connectivity index (χ2v) is 32.4. The molecule has 10 fully saturated rings. The molecule has 4 aromatic rings. The van der Waals surface area contributed by atoms with Crippen molar-refractivity contribution in [1.82, 2.24) is 39.8 Å². The summed E-state index contributed by atoms with van der Waals surface area (Å²) in [6, 6.07) is 17.1. The third-order valence-electron chi connectivity index (χ3n) is 28.3. The Morgan fingerprint density at radius 3 is 1.31 bits per heavy atom. The third kappa shape index (κ3) is 11.0. The number of ether oxygens (including phenoxy) is 2. The molecule has 94 heavy (non-hydrogen) atoms. The lowest BCUT2D eigenvalue weighted by atomic mass is 9.43. The predicted octanol–water partition coefficient (Wildman–Crippen LogP) is 8.66. The first-order chi connectivity index (χ1) is 45.0. The molecule has 2 aromatic heterocycles. The quantitative estimate of drug-likeness (QED) is 0.0378. The van der Waals surface area contributed by atoms with Gasteiger partial charge in [0.05, 0.1) is 61.1 Å². The van der Waals surface area contributed by atoms with E-state index in [1.165, 1.54) is 0 Å². The van der Waals surface area contributed by atoms with Crippen LogP contribution < -0.4 is 0 Å². The molecular weight excluding hydrogens is 1190 g/mol. The Labute approximate surface area is 552 Å². The van der Waals surface area contributed by atoms with Crippen LogP contribution in [0.2, 0.25) is 0 Å². The lowest BCUT2D eigenvalue weighted by Crippen LogP contribution is -2.62. The van der Waals surface area contributed by atoms with Crippen molar-refractivity contribution >= 4 is 23.8 Å². The van der Waals surface area contributed by atoms with E-state index in [4.69, 9.17) is 9.47 Å². The van der Waals surface area contributed by atoms with E-state index in [1.807, 2.05) is 60.7 Å². The summed E-state index contributed by atoms with van der Waals surface area (Å²) in [4.78, 5) is 59.2. The first-order valence-electron chi connectivity index (χ1n) is 35.9. The van der Waals surface area contributed by atoms with Crippen LogP contribution in [0.3, 0.4) is 0 Å². The van der Waals surface area contributed by atoms with Crippen LogP contribution in [0.4, 0.5) is 0 Å². The van der Waals surface area contributed by atoms with Crippen molar-refractivity contribution in [3.63, 3.8) is 0 Å². The van der Waals surface area contributed by atoms with Crippen LogP contribution in [0, 0.1) is 92.7 Å². The number of hydrogen-bond acceptors (Lipinski definition) is 16. The number of aliphatic hydroxyl groups is 6. The predicted molar refractivity (Wildman–Crippen MR) is 344 cm³/mol. The second kappa shape index (κ2) is 25.3. The second-order valence-electron chi connectivity index (χ2n) is 32.4. The lowest BCUT2D eigenvalue weighted by Gasteiger charge is -2.63. The molecule has 20 nitrogen and oxygen atoms in total. The SMILES string of the molecule is C[C@H](CCC(=O)OCc1cn([C@@H]2C(=O)N(CCN3C(=O)[C@@H](n4cc(COC(=O)CC[C@@H](C)[C@H]5CC[C@H]6[C@@H]7[C@H](O)C[C@@H]8C[C@H](O)CC[C@]8(C)[C@H]7C[C@H](O)[C@]56C)nn4)[C@H]3c3ccccc3)[C@@H]2c2ccccc2)nn1)[C@H]1CC[C@H]2[C@@H]3[C@H](O)C[C@@H]4C[C@H](O)CC[C@]4(C)[C@H]3C[C@H](O)[C@]12C. The lowest BCUT2D eigenvalue weighted by molar-refractivity contribution is -0.207. The third-order valence-corrected chi connectivity index (χ3v) is 28.3. The first kappa shape index (κ1) is 65.6. The number of esters is 2. The molecule has 0 unspecified atom stereocenters. The summed E-state index contributed by atoms with van der Waals surface area (Å²) in [7, 11) is 0. The van der Waals surface area contributed by atoms with Crippen LogP contribution in [0.5, 0.6) is 0 Å². The Kier molecular flexibility index (Phi) is 17.7. The number of aromatic nitrogens is 6. The largest absolute Gasteiger partial charge is 0.459 e. The maximum absolute atomic E-state index is 14.4. The molecule has 0 radical (unpaired) electrons. The van der Waals surface area contributed by atoms with Crippen molar-refractivity contribution in [3.05, 3.63) is 95.6 Å². The molecule has 8 saturated carbocycles. The molecule has 14 rings (SSSR count). The van der Waals surface area contributed by atoms with Gasteiger partial charge < -0.3 is 49.9 Å². The molecule has 4 heterocycles. The van der Waals surface area contributed by atoms with E-state index in [1.54, 1.807) is 31.6 Å². The summed E-state index contributed by atoms with van der Waals surface area (Å²) in [5, 5.41) is 86.2. The Hall–Kier alpha value is -5.64. The van der Waals surface area contributed by atoms with Crippen molar-refractivity contribution in [2.24, 2.45) is 92.7 Å². The first-order valence-corrected chi connectivity index (χ1v) is 35.9. The van der Waals surface area contributed by atoms with Gasteiger partial charge in [-0.2, -0.15) is 0 Å². The maximum atomic E-state index is 14.4. The van der Waals surface area contributed by atoms with E-state index in [0.717, 1.165) is 75.3 Å². The van der Waals surface area contributed by atoms with Gasteiger partial charge in [0.2, 0.25) is 0 Å². The smallest absolute Gasteiger partial charge is 0.306 e. The van der Waals surface area contributed by atoms with Crippen LogP contribution in [0.1, 0.15) is 204 Å². The number of carbonyl (C=O) groups is 4. The highest BCUT2D eigenvalue weighted by Gasteiger charge is 2.68. The number of benzene rings is 2. The molecule has 0 bridgehead atoms. The van der Waals surface area contributed by atoms with Gasteiger partial charge in [-0.3, -0.25) is 19.2 Å².